The van der Waals surface area contributed by atoms with E-state index in [0.717, 1.165) is 29.3 Å². The Hall–Kier alpha value is -3.54. The summed E-state index contributed by atoms with van der Waals surface area (Å²) in [6, 6.07) is 21.8. The van der Waals surface area contributed by atoms with Crippen molar-refractivity contribution < 1.29 is 23.1 Å². The van der Waals surface area contributed by atoms with Crippen molar-refractivity contribution in [3.8, 4) is 0 Å². The molecule has 0 heterocycles. The Morgan fingerprint density at radius 2 is 1.21 bits per heavy atom. The molecule has 0 saturated carbocycles. The van der Waals surface area contributed by atoms with Gasteiger partial charge in [-0.15, -0.1) is 0 Å². The molecule has 0 fully saturated rings. The predicted octanol–water partition coefficient (Wildman–Crippen LogP) is 4.35. The lowest BCUT2D eigenvalue weighted by Gasteiger charge is -2.23. The summed E-state index contributed by atoms with van der Waals surface area (Å²) in [4.78, 5) is 26.3. The SMILES string of the molecule is O=C(OCC(=O)N(Cc1ccccc1)Cc1ccccc1)c1c(F)cccc1F. The summed E-state index contributed by atoms with van der Waals surface area (Å²) in [5, 5.41) is 0. The number of esters is 1. The number of amides is 1. The number of rotatable bonds is 7. The molecular weight excluding hydrogens is 376 g/mol. The molecule has 0 bridgehead atoms. The zero-order chi connectivity index (χ0) is 20.6. The molecule has 0 radical (unpaired) electrons. The molecule has 3 aromatic rings. The molecule has 0 aliphatic carbocycles. The minimum Gasteiger partial charge on any atom is -0.452 e. The molecule has 3 rings (SSSR count). The van der Waals surface area contributed by atoms with Crippen LogP contribution < -0.4 is 0 Å². The first-order valence-electron chi connectivity index (χ1n) is 9.01. The van der Waals surface area contributed by atoms with Gasteiger partial charge < -0.3 is 9.64 Å². The molecule has 0 aromatic heterocycles. The molecule has 29 heavy (non-hydrogen) atoms. The molecule has 3 aromatic carbocycles. The molecule has 1 amide bonds. The van der Waals surface area contributed by atoms with Gasteiger partial charge in [-0.2, -0.15) is 0 Å². The van der Waals surface area contributed by atoms with E-state index in [1.165, 1.54) is 4.90 Å². The summed E-state index contributed by atoms with van der Waals surface area (Å²) in [5.74, 6) is -3.75. The maximum atomic E-state index is 13.7. The molecule has 0 aliphatic heterocycles. The van der Waals surface area contributed by atoms with Crippen LogP contribution in [-0.4, -0.2) is 23.4 Å². The Bertz CT molecular complexity index is 916. The first kappa shape index (κ1) is 20.2. The van der Waals surface area contributed by atoms with Crippen molar-refractivity contribution in [2.24, 2.45) is 0 Å². The number of hydrogen-bond acceptors (Lipinski definition) is 3. The zero-order valence-electron chi connectivity index (χ0n) is 15.6. The number of ether oxygens (including phenoxy) is 1. The minimum atomic E-state index is -1.21. The fourth-order valence-electron chi connectivity index (χ4n) is 2.82. The third kappa shape index (κ3) is 5.48. The Morgan fingerprint density at radius 1 is 0.724 bits per heavy atom. The van der Waals surface area contributed by atoms with E-state index in [1.807, 2.05) is 60.7 Å². The number of halogens is 2. The van der Waals surface area contributed by atoms with Gasteiger partial charge in [-0.3, -0.25) is 4.79 Å². The van der Waals surface area contributed by atoms with Gasteiger partial charge in [-0.25, -0.2) is 13.6 Å². The maximum Gasteiger partial charge on any atom is 0.344 e. The molecule has 148 valence electrons. The molecule has 4 nitrogen and oxygen atoms in total. The fourth-order valence-corrected chi connectivity index (χ4v) is 2.82. The second kappa shape index (κ2) is 9.59. The molecule has 0 saturated heterocycles. The summed E-state index contributed by atoms with van der Waals surface area (Å²) in [7, 11) is 0. The Labute approximate surface area is 167 Å². The highest BCUT2D eigenvalue weighted by molar-refractivity contribution is 5.91. The first-order chi connectivity index (χ1) is 14.0. The van der Waals surface area contributed by atoms with Crippen LogP contribution in [0.1, 0.15) is 21.5 Å². The lowest BCUT2D eigenvalue weighted by atomic mass is 10.1. The first-order valence-corrected chi connectivity index (χ1v) is 9.01. The summed E-state index contributed by atoms with van der Waals surface area (Å²) in [6.45, 7) is -0.00731. The minimum absolute atomic E-state index is 0.306. The molecular formula is C23H19F2NO3. The van der Waals surface area contributed by atoms with Crippen molar-refractivity contribution in [3.63, 3.8) is 0 Å². The third-order valence-electron chi connectivity index (χ3n) is 4.28. The number of nitrogens with zero attached hydrogens (tertiary/aromatic N) is 1. The maximum absolute atomic E-state index is 13.7. The number of carbonyl (C=O) groups excluding carboxylic acids is 2. The average molecular weight is 395 g/mol. The van der Waals surface area contributed by atoms with Gasteiger partial charge in [0.05, 0.1) is 0 Å². The van der Waals surface area contributed by atoms with Crippen LogP contribution in [0.4, 0.5) is 8.78 Å². The van der Waals surface area contributed by atoms with Gasteiger partial charge in [0.15, 0.2) is 6.61 Å². The van der Waals surface area contributed by atoms with Crippen molar-refractivity contribution in [2.45, 2.75) is 13.1 Å². The van der Waals surface area contributed by atoms with E-state index < -0.39 is 35.7 Å². The third-order valence-corrected chi connectivity index (χ3v) is 4.28. The van der Waals surface area contributed by atoms with E-state index in [0.29, 0.717) is 13.1 Å². The highest BCUT2D eigenvalue weighted by Crippen LogP contribution is 2.14. The van der Waals surface area contributed by atoms with Gasteiger partial charge in [0.1, 0.15) is 17.2 Å². The zero-order valence-corrected chi connectivity index (χ0v) is 15.6. The van der Waals surface area contributed by atoms with Gasteiger partial charge in [0.2, 0.25) is 0 Å². The van der Waals surface area contributed by atoms with Crippen molar-refractivity contribution in [1.82, 2.24) is 4.90 Å². The molecule has 0 aliphatic rings. The van der Waals surface area contributed by atoms with E-state index in [2.05, 4.69) is 0 Å². The van der Waals surface area contributed by atoms with Crippen LogP contribution in [0.2, 0.25) is 0 Å². The summed E-state index contributed by atoms with van der Waals surface area (Å²) < 4.78 is 32.3. The Morgan fingerprint density at radius 3 is 1.69 bits per heavy atom. The van der Waals surface area contributed by atoms with Crippen LogP contribution in [0.25, 0.3) is 0 Å². The quantitative estimate of drug-likeness (QED) is 0.559. The van der Waals surface area contributed by atoms with Crippen LogP contribution in [-0.2, 0) is 22.6 Å². The topological polar surface area (TPSA) is 46.6 Å². The number of benzene rings is 3. The molecule has 0 spiro atoms. The number of hydrogen-bond donors (Lipinski definition) is 0. The van der Waals surface area contributed by atoms with E-state index in [4.69, 9.17) is 4.74 Å². The van der Waals surface area contributed by atoms with E-state index >= 15 is 0 Å². The highest BCUT2D eigenvalue weighted by Gasteiger charge is 2.21. The molecule has 0 N–H and O–H groups in total. The van der Waals surface area contributed by atoms with Gasteiger partial charge in [-0.1, -0.05) is 66.7 Å². The average Bonchev–Trinajstić information content (AvgIpc) is 2.73. The van der Waals surface area contributed by atoms with Crippen molar-refractivity contribution in [3.05, 3.63) is 107 Å². The van der Waals surface area contributed by atoms with Crippen molar-refractivity contribution >= 4 is 11.9 Å². The normalized spacial score (nSPS) is 10.4. The standard InChI is InChI=1S/C23H19F2NO3/c24-19-12-7-13-20(25)22(19)23(28)29-16-21(27)26(14-17-8-3-1-4-9-17)15-18-10-5-2-6-11-18/h1-13H,14-16H2. The predicted molar refractivity (Wildman–Crippen MR) is 104 cm³/mol. The van der Waals surface area contributed by atoms with Crippen molar-refractivity contribution in [2.75, 3.05) is 6.61 Å². The molecule has 0 atom stereocenters. The number of carbonyl (C=O) groups is 2. The van der Waals surface area contributed by atoms with E-state index in [1.54, 1.807) is 0 Å². The Balaban J connectivity index is 1.71. The fraction of sp³-hybridized carbons (Fsp3) is 0.130. The lowest BCUT2D eigenvalue weighted by molar-refractivity contribution is -0.135. The van der Waals surface area contributed by atoms with Gasteiger partial charge in [-0.05, 0) is 23.3 Å². The monoisotopic (exact) mass is 395 g/mol. The summed E-state index contributed by atoms with van der Waals surface area (Å²) in [6.07, 6.45) is 0. The molecule has 0 unspecified atom stereocenters. The van der Waals surface area contributed by atoms with E-state index in [9.17, 15) is 18.4 Å². The van der Waals surface area contributed by atoms with E-state index in [-0.39, 0.29) is 0 Å². The summed E-state index contributed by atoms with van der Waals surface area (Å²) in [5.41, 5.74) is 1.00. The van der Waals surface area contributed by atoms with Crippen LogP contribution in [0.3, 0.4) is 0 Å². The van der Waals surface area contributed by atoms with Crippen LogP contribution >= 0.6 is 0 Å². The van der Waals surface area contributed by atoms with Gasteiger partial charge in [0, 0.05) is 13.1 Å². The Kier molecular flexibility index (Phi) is 6.68. The van der Waals surface area contributed by atoms with Gasteiger partial charge >= 0.3 is 5.97 Å². The van der Waals surface area contributed by atoms with Crippen LogP contribution in [0, 0.1) is 11.6 Å². The highest BCUT2D eigenvalue weighted by atomic mass is 19.1. The lowest BCUT2D eigenvalue weighted by Crippen LogP contribution is -2.34. The van der Waals surface area contributed by atoms with Gasteiger partial charge in [0.25, 0.3) is 5.91 Å². The van der Waals surface area contributed by atoms with Crippen LogP contribution in [0.5, 0.6) is 0 Å². The second-order valence-electron chi connectivity index (χ2n) is 6.39. The van der Waals surface area contributed by atoms with Crippen molar-refractivity contribution in [1.29, 1.82) is 0 Å². The largest absolute Gasteiger partial charge is 0.452 e. The second-order valence-corrected chi connectivity index (χ2v) is 6.39. The van der Waals surface area contributed by atoms with Crippen LogP contribution in [0.15, 0.2) is 78.9 Å². The summed E-state index contributed by atoms with van der Waals surface area (Å²) >= 11 is 0. The smallest absolute Gasteiger partial charge is 0.344 e. The molecule has 6 heteroatoms.